The Bertz CT molecular complexity index is 1950. The largest absolute Gasteiger partial charge is 0.450 e. The smallest absolute Gasteiger partial charge is 0.297 e. The standard InChI is InChI=1S/C30H19ClFN3O4S/c1-15-16(2)40-29(33-15)35-27(37)26-24(25(36)20-13-18(31)9-12-23(20)39-26)30(35)21-5-3-4-6-22(21)34(28(30)38)14-17-7-10-19(32)11-8-17/h3-13H,14H2,1-2H3. The first-order chi connectivity index (χ1) is 19.2. The molecule has 198 valence electrons. The molecule has 4 heterocycles. The van der Waals surface area contributed by atoms with E-state index in [0.717, 1.165) is 4.88 Å². The van der Waals surface area contributed by atoms with Gasteiger partial charge in [0.1, 0.15) is 11.4 Å². The van der Waals surface area contributed by atoms with Gasteiger partial charge in [-0.15, -0.1) is 11.3 Å². The first-order valence-electron chi connectivity index (χ1n) is 12.4. The van der Waals surface area contributed by atoms with Crippen LogP contribution < -0.4 is 15.2 Å². The fraction of sp³-hybridized carbons (Fsp3) is 0.133. The summed E-state index contributed by atoms with van der Waals surface area (Å²) in [5.74, 6) is -1.75. The van der Waals surface area contributed by atoms with Gasteiger partial charge in [0.25, 0.3) is 11.8 Å². The number of amides is 2. The predicted molar refractivity (Wildman–Crippen MR) is 151 cm³/mol. The minimum Gasteiger partial charge on any atom is -0.450 e. The number of hydrogen-bond donors (Lipinski definition) is 0. The number of para-hydroxylation sites is 1. The van der Waals surface area contributed by atoms with E-state index >= 15 is 0 Å². The maximum atomic E-state index is 14.8. The average Bonchev–Trinajstić information content (AvgIpc) is 3.49. The maximum absolute atomic E-state index is 14.8. The van der Waals surface area contributed by atoms with Crippen LogP contribution in [0.3, 0.4) is 0 Å². The highest BCUT2D eigenvalue weighted by Crippen LogP contribution is 2.55. The number of aromatic nitrogens is 1. The minimum atomic E-state index is -1.86. The summed E-state index contributed by atoms with van der Waals surface area (Å²) in [5.41, 5.74) is 0.0891. The SMILES string of the molecule is Cc1nc(N2C(=O)c3oc4ccc(Cl)cc4c(=O)c3C23C(=O)N(Cc2ccc(F)cc2)c2ccccc23)sc1C. The van der Waals surface area contributed by atoms with Gasteiger partial charge in [0.2, 0.25) is 5.76 Å². The highest BCUT2D eigenvalue weighted by atomic mass is 35.5. The topological polar surface area (TPSA) is 83.7 Å². The Hall–Kier alpha value is -4.34. The molecule has 40 heavy (non-hydrogen) atoms. The maximum Gasteiger partial charge on any atom is 0.297 e. The Balaban J connectivity index is 1.56. The Kier molecular flexibility index (Phi) is 5.29. The summed E-state index contributed by atoms with van der Waals surface area (Å²) >= 11 is 7.49. The zero-order chi connectivity index (χ0) is 27.9. The van der Waals surface area contributed by atoms with Gasteiger partial charge < -0.3 is 9.32 Å². The molecule has 7 rings (SSSR count). The van der Waals surface area contributed by atoms with Crippen molar-refractivity contribution in [2.45, 2.75) is 25.9 Å². The number of aryl methyl sites for hydroxylation is 2. The van der Waals surface area contributed by atoms with Crippen molar-refractivity contribution in [1.82, 2.24) is 4.98 Å². The quantitative estimate of drug-likeness (QED) is 0.261. The van der Waals surface area contributed by atoms with Crippen LogP contribution in [0.25, 0.3) is 11.0 Å². The van der Waals surface area contributed by atoms with E-state index in [9.17, 15) is 18.8 Å². The summed E-state index contributed by atoms with van der Waals surface area (Å²) < 4.78 is 19.7. The average molecular weight is 572 g/mol. The van der Waals surface area contributed by atoms with Gasteiger partial charge in [-0.3, -0.25) is 19.3 Å². The van der Waals surface area contributed by atoms with Crippen LogP contribution in [0.2, 0.25) is 5.02 Å². The van der Waals surface area contributed by atoms with Crippen molar-refractivity contribution in [3.63, 3.8) is 0 Å². The van der Waals surface area contributed by atoms with E-state index in [1.54, 1.807) is 42.5 Å². The van der Waals surface area contributed by atoms with Crippen LogP contribution in [0.4, 0.5) is 15.2 Å². The molecule has 1 atom stereocenters. The zero-order valence-corrected chi connectivity index (χ0v) is 22.8. The second-order valence-electron chi connectivity index (χ2n) is 9.80. The van der Waals surface area contributed by atoms with E-state index in [-0.39, 0.29) is 34.0 Å². The molecule has 10 heteroatoms. The van der Waals surface area contributed by atoms with Crippen molar-refractivity contribution >= 4 is 56.5 Å². The van der Waals surface area contributed by atoms with E-state index in [1.165, 1.54) is 45.4 Å². The van der Waals surface area contributed by atoms with Crippen LogP contribution in [0.1, 0.15) is 37.8 Å². The number of rotatable bonds is 3. The van der Waals surface area contributed by atoms with Crippen molar-refractivity contribution in [1.29, 1.82) is 0 Å². The zero-order valence-electron chi connectivity index (χ0n) is 21.2. The first-order valence-corrected chi connectivity index (χ1v) is 13.6. The third kappa shape index (κ3) is 3.22. The van der Waals surface area contributed by atoms with Gasteiger partial charge in [0.05, 0.1) is 28.9 Å². The van der Waals surface area contributed by atoms with Gasteiger partial charge in [-0.25, -0.2) is 9.37 Å². The minimum absolute atomic E-state index is 0.0724. The summed E-state index contributed by atoms with van der Waals surface area (Å²) in [5, 5.41) is 0.756. The molecular formula is C30H19ClFN3O4S. The number of carbonyl (C=O) groups is 2. The Morgan fingerprint density at radius 2 is 1.77 bits per heavy atom. The molecule has 2 aliphatic rings. The number of anilines is 2. The molecule has 7 nitrogen and oxygen atoms in total. The predicted octanol–water partition coefficient (Wildman–Crippen LogP) is 6.11. The highest BCUT2D eigenvalue weighted by molar-refractivity contribution is 7.16. The van der Waals surface area contributed by atoms with E-state index in [1.807, 2.05) is 13.8 Å². The summed E-state index contributed by atoms with van der Waals surface area (Å²) in [7, 11) is 0. The fourth-order valence-corrected chi connectivity index (χ4v) is 6.75. The Labute approximate surface area is 236 Å². The number of thiazole rings is 1. The van der Waals surface area contributed by atoms with Crippen LogP contribution in [-0.4, -0.2) is 16.8 Å². The molecule has 1 spiro atoms. The third-order valence-corrected chi connectivity index (χ3v) is 8.84. The normalized spacial score (nSPS) is 17.8. The number of hydrogen-bond acceptors (Lipinski definition) is 6. The van der Waals surface area contributed by atoms with Gasteiger partial charge in [-0.2, -0.15) is 0 Å². The lowest BCUT2D eigenvalue weighted by atomic mass is 9.84. The fourth-order valence-electron chi connectivity index (χ4n) is 5.62. The van der Waals surface area contributed by atoms with Gasteiger partial charge in [-0.05, 0) is 55.8 Å². The third-order valence-electron chi connectivity index (χ3n) is 7.55. The molecule has 0 bridgehead atoms. The van der Waals surface area contributed by atoms with E-state index in [0.29, 0.717) is 27.5 Å². The highest BCUT2D eigenvalue weighted by Gasteiger charge is 2.66. The van der Waals surface area contributed by atoms with Crippen LogP contribution in [0.15, 0.2) is 75.9 Å². The van der Waals surface area contributed by atoms with Gasteiger partial charge in [0, 0.05) is 15.5 Å². The summed E-state index contributed by atoms with van der Waals surface area (Å²) in [6.07, 6.45) is 0. The number of carbonyl (C=O) groups excluding carboxylic acids is 2. The van der Waals surface area contributed by atoms with Gasteiger partial charge in [0.15, 0.2) is 16.1 Å². The summed E-state index contributed by atoms with van der Waals surface area (Å²) in [6.45, 7) is 3.79. The number of nitrogens with zero attached hydrogens (tertiary/aromatic N) is 3. The molecule has 0 aliphatic carbocycles. The first kappa shape index (κ1) is 24.7. The van der Waals surface area contributed by atoms with Crippen LogP contribution in [-0.2, 0) is 16.9 Å². The van der Waals surface area contributed by atoms with E-state index in [4.69, 9.17) is 16.0 Å². The van der Waals surface area contributed by atoms with Crippen LogP contribution in [0, 0.1) is 19.7 Å². The second-order valence-corrected chi connectivity index (χ2v) is 11.4. The monoisotopic (exact) mass is 571 g/mol. The molecule has 0 fully saturated rings. The van der Waals surface area contributed by atoms with Crippen LogP contribution in [0.5, 0.6) is 0 Å². The van der Waals surface area contributed by atoms with E-state index in [2.05, 4.69) is 4.98 Å². The molecule has 2 aliphatic heterocycles. The van der Waals surface area contributed by atoms with Crippen molar-refractivity contribution in [3.8, 4) is 0 Å². The molecule has 0 radical (unpaired) electrons. The van der Waals surface area contributed by atoms with Crippen molar-refractivity contribution in [2.75, 3.05) is 9.80 Å². The lowest BCUT2D eigenvalue weighted by molar-refractivity contribution is -0.121. The summed E-state index contributed by atoms with van der Waals surface area (Å²) in [4.78, 5) is 51.6. The second kappa shape index (κ2) is 8.58. The molecule has 5 aromatic rings. The van der Waals surface area contributed by atoms with Crippen LogP contribution >= 0.6 is 22.9 Å². The Morgan fingerprint density at radius 3 is 2.50 bits per heavy atom. The molecule has 0 saturated carbocycles. The van der Waals surface area contributed by atoms with Gasteiger partial charge in [-0.1, -0.05) is 41.9 Å². The number of benzene rings is 3. The van der Waals surface area contributed by atoms with Crippen molar-refractivity contribution < 1.29 is 18.4 Å². The molecular weight excluding hydrogens is 553 g/mol. The summed E-state index contributed by atoms with van der Waals surface area (Å²) in [6, 6.07) is 17.5. The lowest BCUT2D eigenvalue weighted by Gasteiger charge is -2.32. The van der Waals surface area contributed by atoms with E-state index < -0.39 is 28.6 Å². The molecule has 2 aromatic heterocycles. The molecule has 0 N–H and O–H groups in total. The number of halogens is 2. The molecule has 3 aromatic carbocycles. The molecule has 1 unspecified atom stereocenters. The lowest BCUT2D eigenvalue weighted by Crippen LogP contribution is -2.53. The molecule has 0 saturated heterocycles. The van der Waals surface area contributed by atoms with Crippen molar-refractivity contribution in [2.24, 2.45) is 0 Å². The van der Waals surface area contributed by atoms with Crippen molar-refractivity contribution in [3.05, 3.63) is 121 Å². The molecule has 2 amide bonds. The number of fused-ring (bicyclic) bond motifs is 5. The van der Waals surface area contributed by atoms with Gasteiger partial charge >= 0.3 is 0 Å². The Morgan fingerprint density at radius 1 is 1.02 bits per heavy atom.